The average Bonchev–Trinajstić information content (AvgIpc) is 3.06. The predicted molar refractivity (Wildman–Crippen MR) is 105 cm³/mol. The van der Waals surface area contributed by atoms with Crippen LogP contribution in [-0.4, -0.2) is 65.8 Å². The molecule has 0 radical (unpaired) electrons. The molecule has 2 rings (SSSR count). The van der Waals surface area contributed by atoms with Crippen LogP contribution in [-0.2, 0) is 20.1 Å². The van der Waals surface area contributed by atoms with E-state index in [0.29, 0.717) is 31.2 Å². The molecule has 0 spiro atoms. The zero-order valence-corrected chi connectivity index (χ0v) is 16.4. The summed E-state index contributed by atoms with van der Waals surface area (Å²) < 4.78 is 1.71. The van der Waals surface area contributed by atoms with E-state index in [0.717, 1.165) is 17.9 Å². The van der Waals surface area contributed by atoms with E-state index in [1.807, 2.05) is 50.3 Å². The minimum absolute atomic E-state index is 0.0662. The van der Waals surface area contributed by atoms with Crippen molar-refractivity contribution in [3.63, 3.8) is 0 Å². The van der Waals surface area contributed by atoms with Gasteiger partial charge in [-0.3, -0.25) is 14.5 Å². The molecule has 0 saturated heterocycles. The molecule has 1 heterocycles. The molecule has 0 aliphatic heterocycles. The zero-order valence-electron chi connectivity index (χ0n) is 16.4. The van der Waals surface area contributed by atoms with Crippen LogP contribution < -0.4 is 16.0 Å². The quantitative estimate of drug-likeness (QED) is 0.445. The van der Waals surface area contributed by atoms with Gasteiger partial charge in [0.25, 0.3) is 5.91 Å². The molecule has 2 aromatic rings. The van der Waals surface area contributed by atoms with Gasteiger partial charge in [0, 0.05) is 39.3 Å². The van der Waals surface area contributed by atoms with Gasteiger partial charge in [0.05, 0.1) is 6.54 Å². The van der Waals surface area contributed by atoms with E-state index in [4.69, 9.17) is 0 Å². The second-order valence-corrected chi connectivity index (χ2v) is 6.34. The maximum absolute atomic E-state index is 12.2. The Labute approximate surface area is 159 Å². The molecule has 0 saturated carbocycles. The molecule has 1 amide bonds. The minimum Gasteiger partial charge on any atom is -0.352 e. The number of aryl methyl sites for hydroxylation is 1. The summed E-state index contributed by atoms with van der Waals surface area (Å²) in [6.45, 7) is 2.50. The summed E-state index contributed by atoms with van der Waals surface area (Å²) in [5.41, 5.74) is 1.65. The number of hydrogen-bond acceptors (Lipinski definition) is 5. The molecule has 0 atom stereocenters. The van der Waals surface area contributed by atoms with E-state index in [2.05, 4.69) is 31.0 Å². The van der Waals surface area contributed by atoms with Crippen LogP contribution in [0.25, 0.3) is 0 Å². The first kappa shape index (κ1) is 20.4. The molecule has 1 aromatic heterocycles. The van der Waals surface area contributed by atoms with E-state index >= 15 is 0 Å². The van der Waals surface area contributed by atoms with Crippen molar-refractivity contribution in [1.82, 2.24) is 35.6 Å². The number of benzene rings is 1. The number of nitrogens with one attached hydrogen (secondary N) is 3. The number of likely N-dealkylation sites (N-methyl/N-ethyl adjacent to an activating group) is 1. The second kappa shape index (κ2) is 10.3. The smallest absolute Gasteiger partial charge is 0.251 e. The highest BCUT2D eigenvalue weighted by Crippen LogP contribution is 2.05. The number of hydrogen-bond donors (Lipinski definition) is 3. The van der Waals surface area contributed by atoms with Gasteiger partial charge in [-0.15, -0.1) is 0 Å². The highest BCUT2D eigenvalue weighted by atomic mass is 16.1. The van der Waals surface area contributed by atoms with Crippen LogP contribution in [0.1, 0.15) is 21.7 Å². The molecule has 0 unspecified atom stereocenters. The topological polar surface area (TPSA) is 99.5 Å². The van der Waals surface area contributed by atoms with Gasteiger partial charge in [-0.05, 0) is 31.8 Å². The lowest BCUT2D eigenvalue weighted by molar-refractivity contribution is 0.0951. The lowest BCUT2D eigenvalue weighted by atomic mass is 10.1. The summed E-state index contributed by atoms with van der Waals surface area (Å²) in [7, 11) is 7.50. The van der Waals surface area contributed by atoms with Crippen LogP contribution in [0.2, 0.25) is 0 Å². The van der Waals surface area contributed by atoms with Crippen LogP contribution >= 0.6 is 0 Å². The van der Waals surface area contributed by atoms with Crippen molar-refractivity contribution in [2.45, 2.75) is 13.1 Å². The standard InChI is InChI=1S/C18H28N8O/c1-19-18(22-12-16-23-13-24-26(16)4)21-11-14-6-5-7-15(10-14)17(27)20-8-9-25(2)3/h5-7,10,13H,8-9,11-12H2,1-4H3,(H,20,27)(H2,19,21,22). The first-order valence-electron chi connectivity index (χ1n) is 8.79. The fourth-order valence-corrected chi connectivity index (χ4v) is 2.37. The van der Waals surface area contributed by atoms with E-state index in [9.17, 15) is 4.79 Å². The van der Waals surface area contributed by atoms with Gasteiger partial charge in [-0.25, -0.2) is 4.98 Å². The van der Waals surface area contributed by atoms with Crippen LogP contribution in [0.3, 0.4) is 0 Å². The van der Waals surface area contributed by atoms with Gasteiger partial charge in [0.2, 0.25) is 0 Å². The fraction of sp³-hybridized carbons (Fsp3) is 0.444. The highest BCUT2D eigenvalue weighted by Gasteiger charge is 2.07. The average molecular weight is 372 g/mol. The fourth-order valence-electron chi connectivity index (χ4n) is 2.37. The Morgan fingerprint density at radius 1 is 1.22 bits per heavy atom. The predicted octanol–water partition coefficient (Wildman–Crippen LogP) is -0.0283. The number of aliphatic imine (C=N–C) groups is 1. The SMILES string of the molecule is CN=C(NCc1cccc(C(=O)NCCN(C)C)c1)NCc1ncnn1C. The number of aromatic nitrogens is 3. The third-order valence-electron chi connectivity index (χ3n) is 3.94. The van der Waals surface area contributed by atoms with Gasteiger partial charge >= 0.3 is 0 Å². The van der Waals surface area contributed by atoms with Crippen molar-refractivity contribution in [2.75, 3.05) is 34.2 Å². The monoisotopic (exact) mass is 372 g/mol. The Hall–Kier alpha value is -2.94. The summed E-state index contributed by atoms with van der Waals surface area (Å²) in [6.07, 6.45) is 1.52. The maximum Gasteiger partial charge on any atom is 0.251 e. The van der Waals surface area contributed by atoms with Crippen molar-refractivity contribution in [2.24, 2.45) is 12.0 Å². The molecular formula is C18H28N8O. The molecule has 9 nitrogen and oxygen atoms in total. The molecule has 0 bridgehead atoms. The second-order valence-electron chi connectivity index (χ2n) is 6.34. The third kappa shape index (κ3) is 6.70. The summed E-state index contributed by atoms with van der Waals surface area (Å²) in [5, 5.41) is 13.4. The molecular weight excluding hydrogens is 344 g/mol. The van der Waals surface area contributed by atoms with Gasteiger partial charge in [0.15, 0.2) is 5.96 Å². The van der Waals surface area contributed by atoms with Crippen molar-refractivity contribution in [1.29, 1.82) is 0 Å². The Morgan fingerprint density at radius 2 is 2.00 bits per heavy atom. The molecule has 0 aliphatic carbocycles. The van der Waals surface area contributed by atoms with Crippen LogP contribution in [0.4, 0.5) is 0 Å². The number of amides is 1. The highest BCUT2D eigenvalue weighted by molar-refractivity contribution is 5.94. The lowest BCUT2D eigenvalue weighted by Crippen LogP contribution is -2.37. The van der Waals surface area contributed by atoms with Gasteiger partial charge < -0.3 is 20.9 Å². The normalized spacial score (nSPS) is 11.5. The Bertz CT molecular complexity index is 768. The molecule has 1 aromatic carbocycles. The molecule has 3 N–H and O–H groups in total. The first-order valence-corrected chi connectivity index (χ1v) is 8.79. The van der Waals surface area contributed by atoms with Crippen molar-refractivity contribution in [3.8, 4) is 0 Å². The van der Waals surface area contributed by atoms with E-state index in [-0.39, 0.29) is 5.91 Å². The number of nitrogens with zero attached hydrogens (tertiary/aromatic N) is 5. The van der Waals surface area contributed by atoms with E-state index in [1.54, 1.807) is 11.7 Å². The van der Waals surface area contributed by atoms with Crippen molar-refractivity contribution < 1.29 is 4.79 Å². The summed E-state index contributed by atoms with van der Waals surface area (Å²) in [5.74, 6) is 1.40. The minimum atomic E-state index is -0.0662. The van der Waals surface area contributed by atoms with Gasteiger partial charge in [-0.1, -0.05) is 12.1 Å². The van der Waals surface area contributed by atoms with Crippen LogP contribution in [0.5, 0.6) is 0 Å². The van der Waals surface area contributed by atoms with Crippen molar-refractivity contribution >= 4 is 11.9 Å². The third-order valence-corrected chi connectivity index (χ3v) is 3.94. The maximum atomic E-state index is 12.2. The molecule has 146 valence electrons. The summed E-state index contributed by atoms with van der Waals surface area (Å²) >= 11 is 0. The number of rotatable bonds is 8. The summed E-state index contributed by atoms with van der Waals surface area (Å²) in [6, 6.07) is 7.55. The van der Waals surface area contributed by atoms with E-state index in [1.165, 1.54) is 6.33 Å². The van der Waals surface area contributed by atoms with Gasteiger partial charge in [-0.2, -0.15) is 5.10 Å². The Kier molecular flexibility index (Phi) is 7.75. The Balaban J connectivity index is 1.85. The largest absolute Gasteiger partial charge is 0.352 e. The van der Waals surface area contributed by atoms with Crippen LogP contribution in [0, 0.1) is 0 Å². The number of carbonyl (C=O) groups excluding carboxylic acids is 1. The first-order chi connectivity index (χ1) is 13.0. The number of carbonyl (C=O) groups is 1. The molecule has 0 fully saturated rings. The van der Waals surface area contributed by atoms with Crippen LogP contribution in [0.15, 0.2) is 35.6 Å². The van der Waals surface area contributed by atoms with E-state index < -0.39 is 0 Å². The summed E-state index contributed by atoms with van der Waals surface area (Å²) in [4.78, 5) is 22.6. The molecule has 27 heavy (non-hydrogen) atoms. The van der Waals surface area contributed by atoms with Gasteiger partial charge in [0.1, 0.15) is 12.2 Å². The number of guanidine groups is 1. The van der Waals surface area contributed by atoms with Crippen molar-refractivity contribution in [3.05, 3.63) is 47.5 Å². The molecule has 0 aliphatic rings. The Morgan fingerprint density at radius 3 is 2.67 bits per heavy atom. The zero-order chi connectivity index (χ0) is 19.6. The molecule has 9 heteroatoms. The lowest BCUT2D eigenvalue weighted by Gasteiger charge is -2.13.